The summed E-state index contributed by atoms with van der Waals surface area (Å²) in [5, 5.41) is 0.923. The van der Waals surface area contributed by atoms with E-state index in [9.17, 15) is 4.79 Å². The zero-order valence-electron chi connectivity index (χ0n) is 37.0. The monoisotopic (exact) mass is 854 g/mol. The Bertz CT molecular complexity index is 3090. The molecule has 320 valence electrons. The Balaban J connectivity index is 0.000000216. The maximum atomic E-state index is 12.4. The second-order valence-electron chi connectivity index (χ2n) is 15.8. The van der Waals surface area contributed by atoms with E-state index >= 15 is 0 Å². The minimum atomic E-state index is 0.681. The lowest BCUT2D eigenvalue weighted by Crippen LogP contribution is -2.23. The minimum Gasteiger partial charge on any atom is -0.321 e. The van der Waals surface area contributed by atoms with Gasteiger partial charge in [-0.15, -0.1) is 0 Å². The van der Waals surface area contributed by atoms with E-state index < -0.39 is 0 Å². The van der Waals surface area contributed by atoms with Crippen LogP contribution in [-0.2, 0) is 0 Å². The van der Waals surface area contributed by atoms with E-state index in [1.54, 1.807) is 6.08 Å². The highest BCUT2D eigenvalue weighted by Crippen LogP contribution is 2.44. The Hall–Kier alpha value is -8.67. The van der Waals surface area contributed by atoms with Crippen LogP contribution in [0.2, 0.25) is 0 Å². The van der Waals surface area contributed by atoms with E-state index in [0.717, 1.165) is 69.0 Å². The smallest absolute Gasteiger partial charge is 0.152 e. The van der Waals surface area contributed by atoms with Crippen LogP contribution in [-0.4, -0.2) is 17.5 Å². The van der Waals surface area contributed by atoms with E-state index in [1.807, 2.05) is 55.5 Å². The maximum Gasteiger partial charge on any atom is 0.152 e. The number of hydrogen-bond acceptors (Lipinski definition) is 4. The summed E-state index contributed by atoms with van der Waals surface area (Å²) in [6.45, 7) is 10.8. The lowest BCUT2D eigenvalue weighted by atomic mass is 10.0. The van der Waals surface area contributed by atoms with Crippen LogP contribution in [0.15, 0.2) is 255 Å². The van der Waals surface area contributed by atoms with Crippen molar-refractivity contribution in [2.75, 3.05) is 21.4 Å². The van der Waals surface area contributed by atoms with Gasteiger partial charge >= 0.3 is 0 Å². The molecule has 2 heterocycles. The van der Waals surface area contributed by atoms with E-state index in [1.165, 1.54) is 28.3 Å². The molecule has 0 saturated heterocycles. The Kier molecular flexibility index (Phi) is 12.8. The number of carbonyl (C=O) groups is 1. The highest BCUT2D eigenvalue weighted by Gasteiger charge is 2.27. The number of rotatable bonds is 12. The highest BCUT2D eigenvalue weighted by atomic mass is 16.1. The molecular weight excluding hydrogens is 805 g/mol. The molecule has 0 atom stereocenters. The molecular formula is C61H50N4O. The standard InChI is InChI=1S/C42H34N2O.C19H16N2/c1-4-13-35(6-3)43(37-24-19-32(20-25-37)31-15-9-7-10-16-31)38-26-21-33(22-27-38)34-23-28-42-39(29-34)40(30-45)41(14-5-2)44(42)36-17-11-8-12-18-36;1-3-9-16(10-4-1)20-15-21(17-11-5-2-6-12-17)19-14-8-7-13-18(19)20/h4-30H,1,3H2,2H3;1-14H,15H2/b14-5-,35-13+;. The Morgan fingerprint density at radius 3 is 1.47 bits per heavy atom. The Morgan fingerprint density at radius 2 is 0.985 bits per heavy atom. The van der Waals surface area contributed by atoms with Crippen molar-refractivity contribution < 1.29 is 4.79 Å². The fourth-order valence-corrected chi connectivity index (χ4v) is 8.73. The molecule has 0 N–H and O–H groups in total. The Morgan fingerprint density at radius 1 is 0.530 bits per heavy atom. The summed E-state index contributed by atoms with van der Waals surface area (Å²) in [5.74, 6) is 0. The van der Waals surface area contributed by atoms with Gasteiger partial charge in [0.2, 0.25) is 0 Å². The van der Waals surface area contributed by atoms with Crippen LogP contribution in [0.5, 0.6) is 0 Å². The zero-order valence-corrected chi connectivity index (χ0v) is 37.0. The van der Waals surface area contributed by atoms with Gasteiger partial charge < -0.3 is 19.3 Å². The first-order valence-electron chi connectivity index (χ1n) is 22.2. The molecule has 66 heavy (non-hydrogen) atoms. The van der Waals surface area contributed by atoms with Gasteiger partial charge in [0.1, 0.15) is 6.67 Å². The molecule has 1 aliphatic heterocycles. The molecule has 8 aromatic carbocycles. The zero-order chi connectivity index (χ0) is 45.2. The van der Waals surface area contributed by atoms with E-state index in [4.69, 9.17) is 0 Å². The summed E-state index contributed by atoms with van der Waals surface area (Å²) in [5.41, 5.74) is 15.9. The van der Waals surface area contributed by atoms with Crippen molar-refractivity contribution in [3.63, 3.8) is 0 Å². The van der Waals surface area contributed by atoms with Crippen LogP contribution >= 0.6 is 0 Å². The third-order valence-corrected chi connectivity index (χ3v) is 11.8. The highest BCUT2D eigenvalue weighted by molar-refractivity contribution is 6.04. The molecule has 0 fully saturated rings. The van der Waals surface area contributed by atoms with Crippen LogP contribution in [0.25, 0.3) is 44.9 Å². The lowest BCUT2D eigenvalue weighted by Gasteiger charge is -2.26. The quantitative estimate of drug-likeness (QED) is 0.0905. The molecule has 0 bridgehead atoms. The summed E-state index contributed by atoms with van der Waals surface area (Å²) >= 11 is 0. The number of nitrogens with zero attached hydrogens (tertiary/aromatic N) is 4. The number of hydrogen-bond donors (Lipinski definition) is 0. The number of aromatic nitrogens is 1. The number of fused-ring (bicyclic) bond motifs is 2. The summed E-state index contributed by atoms with van der Waals surface area (Å²) in [6, 6.07) is 73.6. The fourth-order valence-electron chi connectivity index (χ4n) is 8.73. The summed E-state index contributed by atoms with van der Waals surface area (Å²) < 4.78 is 2.15. The SMILES string of the molecule is C=C/C=C(\C=C)N(c1ccc(-c2ccccc2)cc1)c1ccc(-c2ccc3c(c2)c(C=O)c(/C=C\C)n3-c2ccccc2)cc1.c1ccc(N2CN(c3ccccc3)c3ccccc32)cc1. The molecule has 9 aromatic rings. The molecule has 0 spiro atoms. The van der Waals surface area contributed by atoms with Crippen LogP contribution in [0.4, 0.5) is 34.1 Å². The third kappa shape index (κ3) is 8.66. The summed E-state index contributed by atoms with van der Waals surface area (Å²) in [7, 11) is 0. The molecule has 0 amide bonds. The van der Waals surface area contributed by atoms with Crippen molar-refractivity contribution in [2.24, 2.45) is 0 Å². The first-order chi connectivity index (χ1) is 32.6. The normalized spacial score (nSPS) is 12.1. The van der Waals surface area contributed by atoms with Crippen molar-refractivity contribution in [1.29, 1.82) is 0 Å². The molecule has 0 unspecified atom stereocenters. The van der Waals surface area contributed by atoms with Gasteiger partial charge in [0.15, 0.2) is 6.29 Å². The minimum absolute atomic E-state index is 0.681. The predicted molar refractivity (Wildman–Crippen MR) is 280 cm³/mol. The van der Waals surface area contributed by atoms with Gasteiger partial charge in [0.25, 0.3) is 0 Å². The molecule has 0 saturated carbocycles. The molecule has 0 radical (unpaired) electrons. The van der Waals surface area contributed by atoms with Crippen molar-refractivity contribution >= 4 is 57.4 Å². The molecule has 5 heteroatoms. The van der Waals surface area contributed by atoms with Crippen LogP contribution in [0, 0.1) is 0 Å². The number of benzene rings is 8. The van der Waals surface area contributed by atoms with Crippen LogP contribution in [0.1, 0.15) is 23.0 Å². The first kappa shape index (κ1) is 42.6. The number of carbonyl (C=O) groups excluding carboxylic acids is 1. The molecule has 1 aromatic heterocycles. The molecule has 5 nitrogen and oxygen atoms in total. The van der Waals surface area contributed by atoms with Crippen molar-refractivity contribution in [1.82, 2.24) is 4.57 Å². The summed E-state index contributed by atoms with van der Waals surface area (Å²) in [4.78, 5) is 19.3. The third-order valence-electron chi connectivity index (χ3n) is 11.8. The average Bonchev–Trinajstić information content (AvgIpc) is 3.93. The van der Waals surface area contributed by atoms with Crippen molar-refractivity contribution in [2.45, 2.75) is 6.92 Å². The van der Waals surface area contributed by atoms with Gasteiger partial charge in [-0.05, 0) is 132 Å². The van der Waals surface area contributed by atoms with Crippen LogP contribution in [0.3, 0.4) is 0 Å². The first-order valence-corrected chi connectivity index (χ1v) is 22.2. The van der Waals surface area contributed by atoms with Gasteiger partial charge in [-0.3, -0.25) is 4.79 Å². The summed E-state index contributed by atoms with van der Waals surface area (Å²) in [6.07, 6.45) is 10.5. The topological polar surface area (TPSA) is 31.7 Å². The number of para-hydroxylation sites is 5. The van der Waals surface area contributed by atoms with E-state index in [2.05, 4.69) is 220 Å². The second kappa shape index (κ2) is 19.8. The van der Waals surface area contributed by atoms with Crippen molar-refractivity contribution in [3.8, 4) is 27.9 Å². The average molecular weight is 855 g/mol. The van der Waals surface area contributed by atoms with Gasteiger partial charge in [-0.25, -0.2) is 0 Å². The van der Waals surface area contributed by atoms with Gasteiger partial charge in [0, 0.05) is 45.1 Å². The van der Waals surface area contributed by atoms with Gasteiger partial charge in [-0.2, -0.15) is 0 Å². The van der Waals surface area contributed by atoms with Gasteiger partial charge in [-0.1, -0.05) is 153 Å². The van der Waals surface area contributed by atoms with Crippen LogP contribution < -0.4 is 14.7 Å². The fraction of sp³-hybridized carbons (Fsp3) is 0.0328. The second-order valence-corrected chi connectivity index (χ2v) is 15.8. The lowest BCUT2D eigenvalue weighted by molar-refractivity contribution is 0.112. The molecule has 10 rings (SSSR count). The number of aldehydes is 1. The molecule has 1 aliphatic rings. The Labute approximate surface area is 388 Å². The maximum absolute atomic E-state index is 12.4. The number of anilines is 6. The van der Waals surface area contributed by atoms with E-state index in [0.29, 0.717) is 5.56 Å². The largest absolute Gasteiger partial charge is 0.321 e. The van der Waals surface area contributed by atoms with Crippen molar-refractivity contribution in [3.05, 3.63) is 267 Å². The molecule has 0 aliphatic carbocycles. The van der Waals surface area contributed by atoms with Gasteiger partial charge in [0.05, 0.1) is 22.6 Å². The predicted octanol–water partition coefficient (Wildman–Crippen LogP) is 16.1. The number of allylic oxidation sites excluding steroid dienone is 4. The van der Waals surface area contributed by atoms with E-state index in [-0.39, 0.29) is 0 Å².